The predicted octanol–water partition coefficient (Wildman–Crippen LogP) is 3.71. The van der Waals surface area contributed by atoms with Crippen LogP contribution >= 0.6 is 0 Å². The van der Waals surface area contributed by atoms with E-state index in [2.05, 4.69) is 56.8 Å². The molecule has 0 saturated carbocycles. The molecule has 3 aromatic rings. The monoisotopic (exact) mass is 319 g/mol. The number of nitrogens with zero attached hydrogens (tertiary/aromatic N) is 3. The summed E-state index contributed by atoms with van der Waals surface area (Å²) >= 11 is 0. The number of aryl methyl sites for hydroxylation is 2. The van der Waals surface area contributed by atoms with Crippen molar-refractivity contribution >= 4 is 11.8 Å². The highest BCUT2D eigenvalue weighted by atomic mass is 15.1. The van der Waals surface area contributed by atoms with Crippen LogP contribution in [-0.4, -0.2) is 15.0 Å². The minimum atomic E-state index is 0.624. The molecule has 2 heterocycles. The lowest BCUT2D eigenvalue weighted by Crippen LogP contribution is -2.08. The van der Waals surface area contributed by atoms with Gasteiger partial charge in [0.05, 0.1) is 0 Å². The number of benzene rings is 1. The molecule has 1 aromatic carbocycles. The SMILES string of the molecule is Cc1cccc(CNc2cc(C)nc(NCc3ccncc3)n2)c1. The van der Waals surface area contributed by atoms with E-state index in [0.717, 1.165) is 23.6 Å². The van der Waals surface area contributed by atoms with E-state index in [0.29, 0.717) is 12.5 Å². The summed E-state index contributed by atoms with van der Waals surface area (Å²) in [6, 6.07) is 14.3. The summed E-state index contributed by atoms with van der Waals surface area (Å²) in [5.41, 5.74) is 4.56. The first kappa shape index (κ1) is 15.9. The van der Waals surface area contributed by atoms with Crippen LogP contribution in [0.2, 0.25) is 0 Å². The zero-order valence-corrected chi connectivity index (χ0v) is 14.0. The Hall–Kier alpha value is -2.95. The lowest BCUT2D eigenvalue weighted by molar-refractivity contribution is 1.01. The number of hydrogen-bond acceptors (Lipinski definition) is 5. The summed E-state index contributed by atoms with van der Waals surface area (Å²) in [4.78, 5) is 13.0. The Morgan fingerprint density at radius 2 is 1.62 bits per heavy atom. The molecule has 5 nitrogen and oxygen atoms in total. The quantitative estimate of drug-likeness (QED) is 0.725. The molecule has 0 bridgehead atoms. The van der Waals surface area contributed by atoms with Crippen molar-refractivity contribution in [2.75, 3.05) is 10.6 Å². The average molecular weight is 319 g/mol. The second-order valence-corrected chi connectivity index (χ2v) is 5.77. The fourth-order valence-corrected chi connectivity index (χ4v) is 2.43. The van der Waals surface area contributed by atoms with Gasteiger partial charge < -0.3 is 10.6 Å². The maximum absolute atomic E-state index is 4.54. The second kappa shape index (κ2) is 7.55. The Bertz CT molecular complexity index is 802. The van der Waals surface area contributed by atoms with E-state index in [4.69, 9.17) is 0 Å². The first-order valence-electron chi connectivity index (χ1n) is 7.97. The van der Waals surface area contributed by atoms with Gasteiger partial charge in [-0.1, -0.05) is 29.8 Å². The van der Waals surface area contributed by atoms with Gasteiger partial charge >= 0.3 is 0 Å². The molecule has 0 aliphatic heterocycles. The lowest BCUT2D eigenvalue weighted by atomic mass is 10.1. The van der Waals surface area contributed by atoms with Crippen molar-refractivity contribution in [1.29, 1.82) is 0 Å². The topological polar surface area (TPSA) is 62.7 Å². The van der Waals surface area contributed by atoms with Gasteiger partial charge in [-0.3, -0.25) is 4.98 Å². The van der Waals surface area contributed by atoms with Gasteiger partial charge in [-0.15, -0.1) is 0 Å². The van der Waals surface area contributed by atoms with Gasteiger partial charge in [-0.2, -0.15) is 4.98 Å². The van der Waals surface area contributed by atoms with Crippen LogP contribution in [-0.2, 0) is 13.1 Å². The minimum absolute atomic E-state index is 0.624. The largest absolute Gasteiger partial charge is 0.366 e. The van der Waals surface area contributed by atoms with Gasteiger partial charge in [0.1, 0.15) is 5.82 Å². The molecule has 0 aliphatic rings. The van der Waals surface area contributed by atoms with Crippen LogP contribution in [0.15, 0.2) is 54.9 Å². The second-order valence-electron chi connectivity index (χ2n) is 5.77. The highest BCUT2D eigenvalue weighted by molar-refractivity contribution is 5.43. The highest BCUT2D eigenvalue weighted by Crippen LogP contribution is 2.13. The van der Waals surface area contributed by atoms with Gasteiger partial charge in [0, 0.05) is 37.2 Å². The van der Waals surface area contributed by atoms with Gasteiger partial charge in [-0.05, 0) is 37.1 Å². The lowest BCUT2D eigenvalue weighted by Gasteiger charge is -2.10. The standard InChI is InChI=1S/C19H21N5/c1-14-4-3-5-17(10-14)13-21-18-11-15(2)23-19(24-18)22-12-16-6-8-20-9-7-16/h3-11H,12-13H2,1-2H3,(H2,21,22,23,24). The van der Waals surface area contributed by atoms with Gasteiger partial charge in [0.15, 0.2) is 0 Å². The molecule has 0 radical (unpaired) electrons. The number of hydrogen-bond donors (Lipinski definition) is 2. The van der Waals surface area contributed by atoms with Crippen molar-refractivity contribution in [1.82, 2.24) is 15.0 Å². The third kappa shape index (κ3) is 4.52. The Morgan fingerprint density at radius 1 is 0.833 bits per heavy atom. The van der Waals surface area contributed by atoms with Crippen LogP contribution in [0.1, 0.15) is 22.4 Å². The highest BCUT2D eigenvalue weighted by Gasteiger charge is 2.03. The van der Waals surface area contributed by atoms with Crippen molar-refractivity contribution in [2.24, 2.45) is 0 Å². The molecular formula is C19H21N5. The van der Waals surface area contributed by atoms with E-state index in [1.54, 1.807) is 12.4 Å². The Balaban J connectivity index is 1.65. The van der Waals surface area contributed by atoms with Crippen molar-refractivity contribution in [2.45, 2.75) is 26.9 Å². The summed E-state index contributed by atoms with van der Waals surface area (Å²) in [5.74, 6) is 1.44. The number of rotatable bonds is 6. The number of aromatic nitrogens is 3. The molecule has 0 amide bonds. The van der Waals surface area contributed by atoms with E-state index >= 15 is 0 Å². The molecule has 2 N–H and O–H groups in total. The fraction of sp³-hybridized carbons (Fsp3) is 0.211. The van der Waals surface area contributed by atoms with Crippen molar-refractivity contribution in [3.05, 3.63) is 77.2 Å². The molecular weight excluding hydrogens is 298 g/mol. The Kier molecular flexibility index (Phi) is 5.01. The normalized spacial score (nSPS) is 10.4. The van der Waals surface area contributed by atoms with E-state index in [-0.39, 0.29) is 0 Å². The average Bonchev–Trinajstić information content (AvgIpc) is 2.59. The van der Waals surface area contributed by atoms with Crippen LogP contribution in [0.5, 0.6) is 0 Å². The Morgan fingerprint density at radius 3 is 2.42 bits per heavy atom. The van der Waals surface area contributed by atoms with Gasteiger partial charge in [0.25, 0.3) is 0 Å². The minimum Gasteiger partial charge on any atom is -0.366 e. The third-order valence-electron chi connectivity index (χ3n) is 3.61. The van der Waals surface area contributed by atoms with Gasteiger partial charge in [-0.25, -0.2) is 4.98 Å². The molecule has 24 heavy (non-hydrogen) atoms. The summed E-state index contributed by atoms with van der Waals surface area (Å²) in [6.07, 6.45) is 3.56. The number of anilines is 2. The third-order valence-corrected chi connectivity index (χ3v) is 3.61. The smallest absolute Gasteiger partial charge is 0.225 e. The Labute approximate surface area is 142 Å². The van der Waals surface area contributed by atoms with Crippen molar-refractivity contribution < 1.29 is 0 Å². The summed E-state index contributed by atoms with van der Waals surface area (Å²) in [6.45, 7) is 5.47. The van der Waals surface area contributed by atoms with Crippen LogP contribution in [0, 0.1) is 13.8 Å². The first-order chi connectivity index (χ1) is 11.7. The molecule has 2 aromatic heterocycles. The molecule has 0 aliphatic carbocycles. The molecule has 0 spiro atoms. The van der Waals surface area contributed by atoms with Crippen LogP contribution in [0.3, 0.4) is 0 Å². The first-order valence-corrected chi connectivity index (χ1v) is 7.97. The van der Waals surface area contributed by atoms with Crippen LogP contribution in [0.25, 0.3) is 0 Å². The molecule has 0 fully saturated rings. The molecule has 0 unspecified atom stereocenters. The zero-order valence-electron chi connectivity index (χ0n) is 14.0. The van der Waals surface area contributed by atoms with Crippen molar-refractivity contribution in [3.63, 3.8) is 0 Å². The maximum atomic E-state index is 4.54. The van der Waals surface area contributed by atoms with E-state index in [1.807, 2.05) is 25.1 Å². The summed E-state index contributed by atoms with van der Waals surface area (Å²) < 4.78 is 0. The molecule has 0 atom stereocenters. The number of nitrogens with one attached hydrogen (secondary N) is 2. The maximum Gasteiger partial charge on any atom is 0.225 e. The van der Waals surface area contributed by atoms with Crippen LogP contribution < -0.4 is 10.6 Å². The molecule has 0 saturated heterocycles. The zero-order chi connectivity index (χ0) is 16.8. The van der Waals surface area contributed by atoms with E-state index < -0.39 is 0 Å². The van der Waals surface area contributed by atoms with Crippen LogP contribution in [0.4, 0.5) is 11.8 Å². The van der Waals surface area contributed by atoms with E-state index in [1.165, 1.54) is 11.1 Å². The van der Waals surface area contributed by atoms with Crippen molar-refractivity contribution in [3.8, 4) is 0 Å². The number of pyridine rings is 1. The molecule has 5 heteroatoms. The summed E-state index contributed by atoms with van der Waals surface area (Å²) in [7, 11) is 0. The van der Waals surface area contributed by atoms with Gasteiger partial charge in [0.2, 0.25) is 5.95 Å². The molecule has 122 valence electrons. The fourth-order valence-electron chi connectivity index (χ4n) is 2.43. The predicted molar refractivity (Wildman–Crippen MR) is 96.8 cm³/mol. The van der Waals surface area contributed by atoms with E-state index in [9.17, 15) is 0 Å². The summed E-state index contributed by atoms with van der Waals surface area (Å²) in [5, 5.41) is 6.63. The molecule has 3 rings (SSSR count).